The summed E-state index contributed by atoms with van der Waals surface area (Å²) in [6, 6.07) is 8.66. The molecule has 0 radical (unpaired) electrons. The van der Waals surface area contributed by atoms with Crippen LogP contribution in [0, 0.1) is 5.92 Å². The molecule has 1 aliphatic heterocycles. The first-order valence-electron chi connectivity index (χ1n) is 8.35. The molecule has 3 nitrogen and oxygen atoms in total. The fourth-order valence-electron chi connectivity index (χ4n) is 4.00. The van der Waals surface area contributed by atoms with Gasteiger partial charge in [-0.15, -0.1) is 0 Å². The van der Waals surface area contributed by atoms with Crippen molar-refractivity contribution in [1.29, 1.82) is 0 Å². The smallest absolute Gasteiger partial charge is 0.227 e. The van der Waals surface area contributed by atoms with Gasteiger partial charge in [-0.2, -0.15) is 0 Å². The quantitative estimate of drug-likeness (QED) is 0.925. The summed E-state index contributed by atoms with van der Waals surface area (Å²) in [4.78, 5) is 14.8. The van der Waals surface area contributed by atoms with Gasteiger partial charge < -0.3 is 10.6 Å². The second-order valence-electron chi connectivity index (χ2n) is 6.54. The van der Waals surface area contributed by atoms with Gasteiger partial charge in [-0.25, -0.2) is 0 Å². The number of benzene rings is 1. The lowest BCUT2D eigenvalue weighted by Gasteiger charge is -2.29. The third kappa shape index (κ3) is 3.29. The molecule has 1 saturated carbocycles. The lowest BCUT2D eigenvalue weighted by atomic mass is 9.95. The van der Waals surface area contributed by atoms with E-state index in [0.717, 1.165) is 23.6 Å². The summed E-state index contributed by atoms with van der Waals surface area (Å²) in [5.74, 6) is 1.07. The van der Waals surface area contributed by atoms with Crippen LogP contribution in [0.4, 0.5) is 0 Å². The monoisotopic (exact) mass is 286 g/mol. The molecule has 21 heavy (non-hydrogen) atoms. The third-order valence-corrected chi connectivity index (χ3v) is 5.18. The predicted octanol–water partition coefficient (Wildman–Crippen LogP) is 2.87. The summed E-state index contributed by atoms with van der Waals surface area (Å²) in [6.07, 6.45) is 8.27. The van der Waals surface area contributed by atoms with E-state index in [4.69, 9.17) is 5.73 Å². The van der Waals surface area contributed by atoms with Crippen molar-refractivity contribution in [2.24, 2.45) is 11.7 Å². The van der Waals surface area contributed by atoms with Crippen LogP contribution >= 0.6 is 0 Å². The highest BCUT2D eigenvalue weighted by molar-refractivity contribution is 5.79. The molecule has 2 aliphatic rings. The Hall–Kier alpha value is -1.35. The average Bonchev–Trinajstić information content (AvgIpc) is 3.18. The maximum absolute atomic E-state index is 12.6. The zero-order chi connectivity index (χ0) is 14.7. The summed E-state index contributed by atoms with van der Waals surface area (Å²) in [5.41, 5.74) is 7.84. The van der Waals surface area contributed by atoms with E-state index in [-0.39, 0.29) is 0 Å². The van der Waals surface area contributed by atoms with Crippen LogP contribution in [-0.2, 0) is 17.8 Å². The minimum Gasteiger partial charge on any atom is -0.339 e. The fourth-order valence-corrected chi connectivity index (χ4v) is 4.00. The first kappa shape index (κ1) is 14.6. The van der Waals surface area contributed by atoms with E-state index in [1.807, 2.05) is 24.3 Å². The Morgan fingerprint density at radius 1 is 1.05 bits per heavy atom. The van der Waals surface area contributed by atoms with Crippen LogP contribution in [0.1, 0.15) is 49.7 Å². The van der Waals surface area contributed by atoms with E-state index in [1.165, 1.54) is 38.5 Å². The van der Waals surface area contributed by atoms with Gasteiger partial charge in [-0.3, -0.25) is 4.79 Å². The Morgan fingerprint density at radius 2 is 1.71 bits per heavy atom. The van der Waals surface area contributed by atoms with Crippen LogP contribution in [0.3, 0.4) is 0 Å². The van der Waals surface area contributed by atoms with Gasteiger partial charge in [0.15, 0.2) is 0 Å². The molecule has 0 spiro atoms. The van der Waals surface area contributed by atoms with Gasteiger partial charge in [0.1, 0.15) is 0 Å². The molecule has 0 aromatic heterocycles. The number of rotatable bonds is 4. The standard InChI is InChI=1S/C18H26N2O/c19-13-15-9-7-14(8-10-15)12-18(21)20-11-3-6-17(20)16-4-1-2-5-16/h7-10,16-17H,1-6,11-13,19H2. The summed E-state index contributed by atoms with van der Waals surface area (Å²) in [7, 11) is 0. The molecule has 1 unspecified atom stereocenters. The molecule has 2 N–H and O–H groups in total. The summed E-state index contributed by atoms with van der Waals surface area (Å²) in [6.45, 7) is 1.52. The summed E-state index contributed by atoms with van der Waals surface area (Å²) >= 11 is 0. The van der Waals surface area contributed by atoms with Crippen molar-refractivity contribution in [1.82, 2.24) is 4.90 Å². The largest absolute Gasteiger partial charge is 0.339 e. The molecular formula is C18H26N2O. The van der Waals surface area contributed by atoms with Crippen LogP contribution in [0.15, 0.2) is 24.3 Å². The van der Waals surface area contributed by atoms with Gasteiger partial charge in [-0.1, -0.05) is 37.1 Å². The Kier molecular flexibility index (Phi) is 4.59. The van der Waals surface area contributed by atoms with Crippen molar-refractivity contribution >= 4 is 5.91 Å². The summed E-state index contributed by atoms with van der Waals surface area (Å²) < 4.78 is 0. The number of likely N-dealkylation sites (tertiary alicyclic amines) is 1. The highest BCUT2D eigenvalue weighted by Crippen LogP contribution is 2.35. The van der Waals surface area contributed by atoms with E-state index in [9.17, 15) is 4.79 Å². The zero-order valence-electron chi connectivity index (χ0n) is 12.8. The molecule has 1 heterocycles. The number of nitrogens with zero attached hydrogens (tertiary/aromatic N) is 1. The molecule has 1 atom stereocenters. The lowest BCUT2D eigenvalue weighted by molar-refractivity contribution is -0.132. The Bertz CT molecular complexity index is 476. The van der Waals surface area contributed by atoms with Crippen LogP contribution in [0.2, 0.25) is 0 Å². The maximum Gasteiger partial charge on any atom is 0.227 e. The van der Waals surface area contributed by atoms with E-state index < -0.39 is 0 Å². The van der Waals surface area contributed by atoms with Crippen LogP contribution in [0.5, 0.6) is 0 Å². The van der Waals surface area contributed by atoms with Crippen molar-refractivity contribution in [2.75, 3.05) is 6.54 Å². The van der Waals surface area contributed by atoms with Crippen molar-refractivity contribution in [2.45, 2.75) is 57.5 Å². The van der Waals surface area contributed by atoms with Gasteiger partial charge in [0.25, 0.3) is 0 Å². The Labute approximate surface area is 127 Å². The van der Waals surface area contributed by atoms with Gasteiger partial charge in [0.05, 0.1) is 6.42 Å². The van der Waals surface area contributed by atoms with Gasteiger partial charge in [0.2, 0.25) is 5.91 Å². The molecule has 1 saturated heterocycles. The van der Waals surface area contributed by atoms with Crippen LogP contribution < -0.4 is 5.73 Å². The van der Waals surface area contributed by atoms with Crippen molar-refractivity contribution in [3.63, 3.8) is 0 Å². The Morgan fingerprint density at radius 3 is 2.38 bits per heavy atom. The highest BCUT2D eigenvalue weighted by atomic mass is 16.2. The molecule has 2 fully saturated rings. The SMILES string of the molecule is NCc1ccc(CC(=O)N2CCCC2C2CCCC2)cc1. The normalized spacial score (nSPS) is 22.9. The number of hydrogen-bond acceptors (Lipinski definition) is 2. The minimum atomic E-state index is 0.310. The average molecular weight is 286 g/mol. The van der Waals surface area contributed by atoms with Crippen molar-refractivity contribution in [3.8, 4) is 0 Å². The maximum atomic E-state index is 12.6. The molecule has 3 heteroatoms. The molecule has 3 rings (SSSR count). The van der Waals surface area contributed by atoms with E-state index in [0.29, 0.717) is 24.9 Å². The van der Waals surface area contributed by atoms with E-state index in [1.54, 1.807) is 0 Å². The molecule has 114 valence electrons. The van der Waals surface area contributed by atoms with Crippen LogP contribution in [-0.4, -0.2) is 23.4 Å². The number of nitrogens with two attached hydrogens (primary N) is 1. The molecule has 1 aliphatic carbocycles. The van der Waals surface area contributed by atoms with Gasteiger partial charge >= 0.3 is 0 Å². The Balaban J connectivity index is 1.63. The first-order chi connectivity index (χ1) is 10.3. The molecular weight excluding hydrogens is 260 g/mol. The molecule has 1 amide bonds. The number of hydrogen-bond donors (Lipinski definition) is 1. The van der Waals surface area contributed by atoms with Gasteiger partial charge in [-0.05, 0) is 42.7 Å². The fraction of sp³-hybridized carbons (Fsp3) is 0.611. The molecule has 1 aromatic rings. The zero-order valence-corrected chi connectivity index (χ0v) is 12.8. The van der Waals surface area contributed by atoms with Crippen molar-refractivity contribution in [3.05, 3.63) is 35.4 Å². The lowest BCUT2D eigenvalue weighted by Crippen LogP contribution is -2.40. The molecule has 1 aromatic carbocycles. The minimum absolute atomic E-state index is 0.310. The first-order valence-corrected chi connectivity index (χ1v) is 8.35. The molecule has 0 bridgehead atoms. The number of carbonyl (C=O) groups excluding carboxylic acids is 1. The van der Waals surface area contributed by atoms with E-state index in [2.05, 4.69) is 4.90 Å². The predicted molar refractivity (Wildman–Crippen MR) is 84.7 cm³/mol. The van der Waals surface area contributed by atoms with Gasteiger partial charge in [0, 0.05) is 19.1 Å². The second kappa shape index (κ2) is 6.61. The van der Waals surface area contributed by atoms with Crippen molar-refractivity contribution < 1.29 is 4.79 Å². The third-order valence-electron chi connectivity index (χ3n) is 5.18. The second-order valence-corrected chi connectivity index (χ2v) is 6.54. The highest BCUT2D eigenvalue weighted by Gasteiger charge is 2.35. The number of amides is 1. The topological polar surface area (TPSA) is 46.3 Å². The summed E-state index contributed by atoms with van der Waals surface area (Å²) in [5, 5.41) is 0. The number of carbonyl (C=O) groups is 1. The van der Waals surface area contributed by atoms with E-state index >= 15 is 0 Å². The van der Waals surface area contributed by atoms with Crippen LogP contribution in [0.25, 0.3) is 0 Å².